The average Bonchev–Trinajstić information content (AvgIpc) is 3.28. The third-order valence-corrected chi connectivity index (χ3v) is 6.51. The molecule has 4 N–H and O–H groups in total. The van der Waals surface area contributed by atoms with Crippen molar-refractivity contribution in [2.45, 2.75) is 25.6 Å². The summed E-state index contributed by atoms with van der Waals surface area (Å²) in [5.74, 6) is 0.921. The van der Waals surface area contributed by atoms with E-state index in [2.05, 4.69) is 10.6 Å². The number of anilines is 2. The van der Waals surface area contributed by atoms with Gasteiger partial charge in [0.15, 0.2) is 0 Å². The lowest BCUT2D eigenvalue weighted by Gasteiger charge is -2.20. The molecular weight excluding hydrogens is 503 g/mol. The molecule has 1 heterocycles. The fourth-order valence-electron chi connectivity index (χ4n) is 4.07. The SMILES string of the molecule is COc1ccc(OC)c(NC(=O)Nc2ccc3c(c2)CN(C(=O)[C@H](N)Cc2ccc(Cl)cc2Cl)C3)c1. The molecule has 0 spiro atoms. The fraction of sp³-hybridized carbons (Fsp3) is 0.231. The number of halogens is 2. The highest BCUT2D eigenvalue weighted by Crippen LogP contribution is 2.30. The number of hydrogen-bond acceptors (Lipinski definition) is 5. The van der Waals surface area contributed by atoms with Gasteiger partial charge in [-0.15, -0.1) is 0 Å². The van der Waals surface area contributed by atoms with Crippen LogP contribution >= 0.6 is 23.2 Å². The van der Waals surface area contributed by atoms with E-state index in [-0.39, 0.29) is 5.91 Å². The summed E-state index contributed by atoms with van der Waals surface area (Å²) in [6.07, 6.45) is 0.308. The Balaban J connectivity index is 1.38. The second-order valence-electron chi connectivity index (χ2n) is 8.37. The lowest BCUT2D eigenvalue weighted by molar-refractivity contribution is -0.133. The van der Waals surface area contributed by atoms with E-state index in [1.54, 1.807) is 54.5 Å². The van der Waals surface area contributed by atoms with E-state index in [0.29, 0.717) is 52.4 Å². The van der Waals surface area contributed by atoms with Gasteiger partial charge in [-0.1, -0.05) is 35.3 Å². The molecule has 4 rings (SSSR count). The third kappa shape index (κ3) is 5.84. The number of fused-ring (bicyclic) bond motifs is 1. The highest BCUT2D eigenvalue weighted by molar-refractivity contribution is 6.35. The molecule has 0 fully saturated rings. The van der Waals surface area contributed by atoms with Gasteiger partial charge in [-0.2, -0.15) is 0 Å². The van der Waals surface area contributed by atoms with E-state index in [1.807, 2.05) is 12.1 Å². The lowest BCUT2D eigenvalue weighted by atomic mass is 10.1. The number of hydrogen-bond donors (Lipinski definition) is 3. The number of nitrogens with one attached hydrogen (secondary N) is 2. The molecule has 3 aromatic rings. The van der Waals surface area contributed by atoms with E-state index in [1.165, 1.54) is 7.11 Å². The molecule has 10 heteroatoms. The number of carbonyl (C=O) groups is 2. The van der Waals surface area contributed by atoms with Crippen molar-refractivity contribution in [3.63, 3.8) is 0 Å². The van der Waals surface area contributed by atoms with Crippen LogP contribution in [0.25, 0.3) is 0 Å². The van der Waals surface area contributed by atoms with Gasteiger partial charge >= 0.3 is 6.03 Å². The van der Waals surface area contributed by atoms with Crippen molar-refractivity contribution in [2.75, 3.05) is 24.9 Å². The molecule has 1 aliphatic rings. The van der Waals surface area contributed by atoms with Crippen LogP contribution in [0.5, 0.6) is 11.5 Å². The number of nitrogens with two attached hydrogens (primary N) is 1. The average molecular weight is 529 g/mol. The quantitative estimate of drug-likeness (QED) is 0.397. The van der Waals surface area contributed by atoms with Crippen molar-refractivity contribution in [1.29, 1.82) is 0 Å². The van der Waals surface area contributed by atoms with Crippen molar-refractivity contribution in [3.8, 4) is 11.5 Å². The van der Waals surface area contributed by atoms with Gasteiger partial charge in [0.1, 0.15) is 11.5 Å². The Morgan fingerprint density at radius 1 is 0.972 bits per heavy atom. The van der Waals surface area contributed by atoms with Gasteiger partial charge in [0, 0.05) is 34.9 Å². The Hall–Kier alpha value is -3.46. The van der Waals surface area contributed by atoms with Gasteiger partial charge in [0.05, 0.1) is 25.9 Å². The van der Waals surface area contributed by atoms with Crippen LogP contribution in [-0.2, 0) is 24.3 Å². The lowest BCUT2D eigenvalue weighted by Crippen LogP contribution is -2.42. The first-order chi connectivity index (χ1) is 17.3. The Kier molecular flexibility index (Phi) is 7.88. The summed E-state index contributed by atoms with van der Waals surface area (Å²) in [5.41, 5.74) is 10.00. The van der Waals surface area contributed by atoms with Gasteiger partial charge in [-0.05, 0) is 59.5 Å². The normalized spacial score (nSPS) is 13.1. The van der Waals surface area contributed by atoms with Crippen molar-refractivity contribution in [1.82, 2.24) is 4.90 Å². The number of ether oxygens (including phenoxy) is 2. The minimum absolute atomic E-state index is 0.172. The van der Waals surface area contributed by atoms with E-state index < -0.39 is 12.1 Å². The predicted molar refractivity (Wildman–Crippen MR) is 141 cm³/mol. The molecule has 3 aromatic carbocycles. The number of benzene rings is 3. The molecule has 0 saturated carbocycles. The maximum atomic E-state index is 13.0. The number of rotatable bonds is 7. The van der Waals surface area contributed by atoms with Crippen molar-refractivity contribution in [3.05, 3.63) is 81.3 Å². The predicted octanol–water partition coefficient (Wildman–Crippen LogP) is 5.07. The van der Waals surface area contributed by atoms with Crippen molar-refractivity contribution in [2.24, 2.45) is 5.73 Å². The Morgan fingerprint density at radius 2 is 1.75 bits per heavy atom. The molecule has 0 unspecified atom stereocenters. The summed E-state index contributed by atoms with van der Waals surface area (Å²) in [7, 11) is 3.07. The van der Waals surface area contributed by atoms with Crippen LogP contribution in [0.1, 0.15) is 16.7 Å². The van der Waals surface area contributed by atoms with Crippen LogP contribution in [-0.4, -0.2) is 37.1 Å². The van der Waals surface area contributed by atoms with Crippen LogP contribution in [0.2, 0.25) is 10.0 Å². The van der Waals surface area contributed by atoms with Crippen LogP contribution in [0.15, 0.2) is 54.6 Å². The molecule has 3 amide bonds. The number of urea groups is 1. The number of nitrogens with zero attached hydrogens (tertiary/aromatic N) is 1. The largest absolute Gasteiger partial charge is 0.497 e. The smallest absolute Gasteiger partial charge is 0.323 e. The summed E-state index contributed by atoms with van der Waals surface area (Å²) < 4.78 is 10.5. The van der Waals surface area contributed by atoms with Gasteiger partial charge in [0.2, 0.25) is 5.91 Å². The van der Waals surface area contributed by atoms with Crippen LogP contribution < -0.4 is 25.8 Å². The zero-order valence-corrected chi connectivity index (χ0v) is 21.3. The Bertz CT molecular complexity index is 1300. The number of amides is 3. The zero-order valence-electron chi connectivity index (χ0n) is 19.8. The van der Waals surface area contributed by atoms with Gasteiger partial charge < -0.3 is 30.7 Å². The molecule has 1 atom stereocenters. The van der Waals surface area contributed by atoms with Crippen molar-refractivity contribution < 1.29 is 19.1 Å². The molecular formula is C26H26Cl2N4O4. The summed E-state index contributed by atoms with van der Waals surface area (Å²) in [4.78, 5) is 27.3. The maximum Gasteiger partial charge on any atom is 0.323 e. The molecule has 0 saturated heterocycles. The Morgan fingerprint density at radius 3 is 2.47 bits per heavy atom. The van der Waals surface area contributed by atoms with E-state index in [0.717, 1.165) is 16.7 Å². The second-order valence-corrected chi connectivity index (χ2v) is 9.21. The monoisotopic (exact) mass is 528 g/mol. The van der Waals surface area contributed by atoms with Crippen LogP contribution in [0.4, 0.5) is 16.2 Å². The molecule has 36 heavy (non-hydrogen) atoms. The van der Waals surface area contributed by atoms with Crippen LogP contribution in [0.3, 0.4) is 0 Å². The molecule has 188 valence electrons. The minimum Gasteiger partial charge on any atom is -0.497 e. The molecule has 0 bridgehead atoms. The Labute approximate surface area is 219 Å². The van der Waals surface area contributed by atoms with Gasteiger partial charge in [0.25, 0.3) is 0 Å². The number of carbonyl (C=O) groups excluding carboxylic acids is 2. The first-order valence-electron chi connectivity index (χ1n) is 11.2. The van der Waals surface area contributed by atoms with Crippen molar-refractivity contribution >= 4 is 46.5 Å². The first kappa shape index (κ1) is 25.6. The maximum absolute atomic E-state index is 13.0. The summed E-state index contributed by atoms with van der Waals surface area (Å²) in [6, 6.07) is 14.6. The molecule has 0 aromatic heterocycles. The molecule has 0 aliphatic carbocycles. The fourth-order valence-corrected chi connectivity index (χ4v) is 4.56. The topological polar surface area (TPSA) is 106 Å². The second kappa shape index (κ2) is 11.1. The summed E-state index contributed by atoms with van der Waals surface area (Å²) in [5, 5.41) is 6.60. The standard InChI is InChI=1S/C26H26Cl2N4O4/c1-35-20-7-8-24(36-2)23(12-20)31-26(34)30-19-6-4-16-13-32(14-17(16)9-19)25(33)22(29)10-15-3-5-18(27)11-21(15)28/h3-9,11-12,22H,10,13-14,29H2,1-2H3,(H2,30,31,34)/t22-/m1/s1. The van der Waals surface area contributed by atoms with Crippen LogP contribution in [0, 0.1) is 0 Å². The highest BCUT2D eigenvalue weighted by atomic mass is 35.5. The minimum atomic E-state index is -0.737. The molecule has 1 aliphatic heterocycles. The highest BCUT2D eigenvalue weighted by Gasteiger charge is 2.28. The first-order valence-corrected chi connectivity index (χ1v) is 11.9. The summed E-state index contributed by atoms with van der Waals surface area (Å²) in [6.45, 7) is 0.848. The summed E-state index contributed by atoms with van der Waals surface area (Å²) >= 11 is 12.2. The van der Waals surface area contributed by atoms with E-state index in [9.17, 15) is 9.59 Å². The zero-order chi connectivity index (χ0) is 25.8. The molecule has 8 nitrogen and oxygen atoms in total. The van der Waals surface area contributed by atoms with E-state index in [4.69, 9.17) is 38.4 Å². The third-order valence-electron chi connectivity index (χ3n) is 5.93. The number of methoxy groups -OCH3 is 2. The molecule has 0 radical (unpaired) electrons. The van der Waals surface area contributed by atoms with Gasteiger partial charge in [-0.25, -0.2) is 4.79 Å². The van der Waals surface area contributed by atoms with Gasteiger partial charge in [-0.3, -0.25) is 4.79 Å². The van der Waals surface area contributed by atoms with E-state index >= 15 is 0 Å².